The van der Waals surface area contributed by atoms with Crippen LogP contribution in [0, 0.1) is 6.92 Å². The van der Waals surface area contributed by atoms with Gasteiger partial charge < -0.3 is 0 Å². The Kier molecular flexibility index (Phi) is 3.82. The van der Waals surface area contributed by atoms with Gasteiger partial charge in [0.15, 0.2) is 0 Å². The maximum Gasteiger partial charge on any atom is 0.276 e. The Balaban J connectivity index is 3.33. The summed E-state index contributed by atoms with van der Waals surface area (Å²) in [6.07, 6.45) is 0. The third kappa shape index (κ3) is 2.31. The van der Waals surface area contributed by atoms with Crippen molar-refractivity contribution in [1.29, 1.82) is 0 Å². The van der Waals surface area contributed by atoms with Crippen molar-refractivity contribution in [2.24, 2.45) is 0 Å². The Morgan fingerprint density at radius 3 is 2.31 bits per heavy atom. The molecule has 0 unspecified atom stereocenters. The zero-order valence-corrected chi connectivity index (χ0v) is 12.1. The Bertz CT molecular complexity index is 492. The van der Waals surface area contributed by atoms with Gasteiger partial charge in [-0.3, -0.25) is 4.18 Å². The molecule has 3 nitrogen and oxygen atoms in total. The van der Waals surface area contributed by atoms with E-state index in [1.165, 1.54) is 7.11 Å². The second-order valence-corrected chi connectivity index (χ2v) is 7.21. The van der Waals surface area contributed by atoms with E-state index in [1.54, 1.807) is 19.9 Å². The first-order valence-corrected chi connectivity index (χ1v) is 6.99. The van der Waals surface area contributed by atoms with Gasteiger partial charge in [-0.15, -0.1) is 0 Å². The quantitative estimate of drug-likeness (QED) is 0.806. The number of benzene rings is 1. The first-order chi connectivity index (χ1) is 7.22. The summed E-state index contributed by atoms with van der Waals surface area (Å²) in [6, 6.07) is 5.49. The summed E-state index contributed by atoms with van der Waals surface area (Å²) < 4.78 is 28.0. The van der Waals surface area contributed by atoms with Crippen LogP contribution in [-0.2, 0) is 19.0 Å². The number of hydrogen-bond donors (Lipinski definition) is 0. The van der Waals surface area contributed by atoms with Crippen molar-refractivity contribution >= 4 is 26.0 Å². The number of halogens is 1. The van der Waals surface area contributed by atoms with Crippen LogP contribution < -0.4 is 0 Å². The molecule has 0 aliphatic carbocycles. The molecular formula is C11H15BrO3S. The minimum atomic E-state index is -3.60. The van der Waals surface area contributed by atoms with Gasteiger partial charge in [-0.05, 0) is 38.0 Å². The second-order valence-electron chi connectivity index (χ2n) is 4.10. The van der Waals surface area contributed by atoms with Crippen LogP contribution in [0.3, 0.4) is 0 Å². The molecule has 0 N–H and O–H groups in total. The molecule has 0 radical (unpaired) electrons. The smallest absolute Gasteiger partial charge is 0.273 e. The van der Waals surface area contributed by atoms with Crippen molar-refractivity contribution in [3.63, 3.8) is 0 Å². The van der Waals surface area contributed by atoms with Gasteiger partial charge in [-0.25, -0.2) is 0 Å². The fourth-order valence-corrected chi connectivity index (χ4v) is 2.53. The predicted molar refractivity (Wildman–Crippen MR) is 67.8 cm³/mol. The zero-order valence-electron chi connectivity index (χ0n) is 9.74. The molecule has 1 aromatic carbocycles. The summed E-state index contributed by atoms with van der Waals surface area (Å²) >= 11 is 3.39. The SMILES string of the molecule is COS(=O)(=O)C(C)(C)c1ccc(C)c(Br)c1. The molecule has 0 aliphatic heterocycles. The molecule has 0 saturated carbocycles. The third-order valence-corrected chi connectivity index (χ3v) is 5.49. The molecule has 90 valence electrons. The molecule has 0 fully saturated rings. The summed E-state index contributed by atoms with van der Waals surface area (Å²) in [5.41, 5.74) is 1.76. The van der Waals surface area contributed by atoms with Crippen LogP contribution in [0.4, 0.5) is 0 Å². The Labute approximate surface area is 105 Å². The standard InChI is InChI=1S/C11H15BrO3S/c1-8-5-6-9(7-10(8)12)11(2,3)16(13,14)15-4/h5-7H,1-4H3. The molecule has 0 spiro atoms. The van der Waals surface area contributed by atoms with Crippen LogP contribution in [0.25, 0.3) is 0 Å². The summed E-state index contributed by atoms with van der Waals surface area (Å²) in [4.78, 5) is 0. The van der Waals surface area contributed by atoms with E-state index in [0.717, 1.165) is 10.0 Å². The average molecular weight is 307 g/mol. The molecular weight excluding hydrogens is 292 g/mol. The topological polar surface area (TPSA) is 43.4 Å². The Morgan fingerprint density at radius 1 is 1.31 bits per heavy atom. The highest BCUT2D eigenvalue weighted by Gasteiger charge is 2.36. The largest absolute Gasteiger partial charge is 0.276 e. The van der Waals surface area contributed by atoms with Gasteiger partial charge in [0.25, 0.3) is 10.1 Å². The van der Waals surface area contributed by atoms with Crippen LogP contribution >= 0.6 is 15.9 Å². The molecule has 0 heterocycles. The molecule has 1 rings (SSSR count). The molecule has 0 aromatic heterocycles. The summed E-state index contributed by atoms with van der Waals surface area (Å²) in [5.74, 6) is 0. The van der Waals surface area contributed by atoms with Crippen molar-refractivity contribution < 1.29 is 12.6 Å². The first-order valence-electron chi connectivity index (χ1n) is 4.79. The minimum Gasteiger partial charge on any atom is -0.273 e. The maximum atomic E-state index is 11.8. The van der Waals surface area contributed by atoms with Crippen LogP contribution in [0.5, 0.6) is 0 Å². The molecule has 0 amide bonds. The predicted octanol–water partition coefficient (Wildman–Crippen LogP) is 2.97. The van der Waals surface area contributed by atoms with E-state index in [-0.39, 0.29) is 0 Å². The Morgan fingerprint density at radius 2 is 1.88 bits per heavy atom. The minimum absolute atomic E-state index is 0.701. The van der Waals surface area contributed by atoms with E-state index in [1.807, 2.05) is 19.1 Å². The van der Waals surface area contributed by atoms with E-state index in [0.29, 0.717) is 5.56 Å². The molecule has 0 aliphatic rings. The van der Waals surface area contributed by atoms with E-state index >= 15 is 0 Å². The normalized spacial score (nSPS) is 12.8. The van der Waals surface area contributed by atoms with Crippen molar-refractivity contribution in [2.75, 3.05) is 7.11 Å². The molecule has 16 heavy (non-hydrogen) atoms. The average Bonchev–Trinajstić information content (AvgIpc) is 2.21. The first kappa shape index (κ1) is 13.7. The molecule has 0 bridgehead atoms. The van der Waals surface area contributed by atoms with Gasteiger partial charge >= 0.3 is 0 Å². The van der Waals surface area contributed by atoms with E-state index in [9.17, 15) is 8.42 Å². The highest BCUT2D eigenvalue weighted by atomic mass is 79.9. The third-order valence-electron chi connectivity index (χ3n) is 2.71. The maximum absolute atomic E-state index is 11.8. The second kappa shape index (κ2) is 4.47. The highest BCUT2D eigenvalue weighted by molar-refractivity contribution is 9.10. The molecule has 0 saturated heterocycles. The summed E-state index contributed by atoms with van der Waals surface area (Å²) in [5, 5.41) is 0. The Hall–Kier alpha value is -0.390. The van der Waals surface area contributed by atoms with Crippen molar-refractivity contribution in [3.8, 4) is 0 Å². The monoisotopic (exact) mass is 306 g/mol. The van der Waals surface area contributed by atoms with Gasteiger partial charge in [0.05, 0.1) is 7.11 Å². The van der Waals surface area contributed by atoms with Crippen LogP contribution in [-0.4, -0.2) is 15.5 Å². The lowest BCUT2D eigenvalue weighted by Gasteiger charge is -2.24. The van der Waals surface area contributed by atoms with Gasteiger partial charge in [0, 0.05) is 4.47 Å². The van der Waals surface area contributed by atoms with Gasteiger partial charge in [-0.1, -0.05) is 28.1 Å². The van der Waals surface area contributed by atoms with Gasteiger partial charge in [0.2, 0.25) is 0 Å². The van der Waals surface area contributed by atoms with Crippen LogP contribution in [0.15, 0.2) is 22.7 Å². The van der Waals surface area contributed by atoms with Crippen molar-refractivity contribution in [1.82, 2.24) is 0 Å². The van der Waals surface area contributed by atoms with Crippen LogP contribution in [0.2, 0.25) is 0 Å². The van der Waals surface area contributed by atoms with Gasteiger partial charge in [-0.2, -0.15) is 8.42 Å². The number of aryl methyl sites for hydroxylation is 1. The van der Waals surface area contributed by atoms with E-state index in [4.69, 9.17) is 0 Å². The number of hydrogen-bond acceptors (Lipinski definition) is 3. The van der Waals surface area contributed by atoms with Crippen molar-refractivity contribution in [3.05, 3.63) is 33.8 Å². The lowest BCUT2D eigenvalue weighted by Crippen LogP contribution is -2.30. The molecule has 0 atom stereocenters. The van der Waals surface area contributed by atoms with Gasteiger partial charge in [0.1, 0.15) is 4.75 Å². The van der Waals surface area contributed by atoms with Crippen LogP contribution in [0.1, 0.15) is 25.0 Å². The fraction of sp³-hybridized carbons (Fsp3) is 0.455. The van der Waals surface area contributed by atoms with E-state index < -0.39 is 14.9 Å². The lowest BCUT2D eigenvalue weighted by atomic mass is 10.0. The number of rotatable bonds is 3. The van der Waals surface area contributed by atoms with E-state index in [2.05, 4.69) is 20.1 Å². The molecule has 1 aromatic rings. The lowest BCUT2D eigenvalue weighted by molar-refractivity contribution is 0.372. The zero-order chi connectivity index (χ0) is 12.6. The highest BCUT2D eigenvalue weighted by Crippen LogP contribution is 2.32. The fourth-order valence-electron chi connectivity index (χ4n) is 1.32. The summed E-state index contributed by atoms with van der Waals surface area (Å²) in [7, 11) is -2.42. The summed E-state index contributed by atoms with van der Waals surface area (Å²) in [6.45, 7) is 5.21. The molecule has 5 heteroatoms. The van der Waals surface area contributed by atoms with Crippen molar-refractivity contribution in [2.45, 2.75) is 25.5 Å².